The zero-order valence-corrected chi connectivity index (χ0v) is 8.75. The standard InChI is InChI=1S/C12H19N/c1-12(2,3)11(9-13)10-7-5-4-6-8-10/h4-8,11H,9,13H2,1-3H3. The van der Waals surface area contributed by atoms with Crippen molar-refractivity contribution < 1.29 is 0 Å². The molecular formula is C12H19N. The van der Waals surface area contributed by atoms with Gasteiger partial charge in [0.25, 0.3) is 0 Å². The highest BCUT2D eigenvalue weighted by Gasteiger charge is 2.24. The number of hydrogen-bond donors (Lipinski definition) is 1. The molecule has 1 atom stereocenters. The summed E-state index contributed by atoms with van der Waals surface area (Å²) in [4.78, 5) is 0. The summed E-state index contributed by atoms with van der Waals surface area (Å²) in [5.41, 5.74) is 7.38. The fraction of sp³-hybridized carbons (Fsp3) is 0.500. The zero-order valence-electron chi connectivity index (χ0n) is 8.75. The molecule has 0 fully saturated rings. The Morgan fingerprint density at radius 3 is 2.08 bits per heavy atom. The molecule has 13 heavy (non-hydrogen) atoms. The van der Waals surface area contributed by atoms with E-state index in [2.05, 4.69) is 45.0 Å². The quantitative estimate of drug-likeness (QED) is 0.738. The van der Waals surface area contributed by atoms with Gasteiger partial charge in [0.2, 0.25) is 0 Å². The summed E-state index contributed by atoms with van der Waals surface area (Å²) in [7, 11) is 0. The Balaban J connectivity index is 2.92. The summed E-state index contributed by atoms with van der Waals surface area (Å²) in [6.07, 6.45) is 0. The highest BCUT2D eigenvalue weighted by Crippen LogP contribution is 2.33. The van der Waals surface area contributed by atoms with Crippen molar-refractivity contribution in [3.05, 3.63) is 35.9 Å². The van der Waals surface area contributed by atoms with Crippen molar-refractivity contribution in [3.63, 3.8) is 0 Å². The van der Waals surface area contributed by atoms with Gasteiger partial charge in [-0.15, -0.1) is 0 Å². The monoisotopic (exact) mass is 177 g/mol. The molecule has 0 heterocycles. The van der Waals surface area contributed by atoms with Crippen LogP contribution < -0.4 is 5.73 Å². The zero-order chi connectivity index (χ0) is 9.90. The molecule has 1 aromatic rings. The van der Waals surface area contributed by atoms with E-state index in [4.69, 9.17) is 5.73 Å². The van der Waals surface area contributed by atoms with Gasteiger partial charge in [0.15, 0.2) is 0 Å². The minimum Gasteiger partial charge on any atom is -0.330 e. The van der Waals surface area contributed by atoms with Crippen molar-refractivity contribution in [2.45, 2.75) is 26.7 Å². The van der Waals surface area contributed by atoms with E-state index in [9.17, 15) is 0 Å². The molecule has 1 unspecified atom stereocenters. The number of benzene rings is 1. The number of rotatable bonds is 2. The van der Waals surface area contributed by atoms with Crippen LogP contribution >= 0.6 is 0 Å². The van der Waals surface area contributed by atoms with Crippen molar-refractivity contribution in [1.82, 2.24) is 0 Å². The smallest absolute Gasteiger partial charge is 0.000978 e. The van der Waals surface area contributed by atoms with E-state index in [0.29, 0.717) is 12.5 Å². The van der Waals surface area contributed by atoms with E-state index in [1.54, 1.807) is 0 Å². The molecule has 0 radical (unpaired) electrons. The van der Waals surface area contributed by atoms with Gasteiger partial charge in [0, 0.05) is 5.92 Å². The predicted octanol–water partition coefficient (Wildman–Crippen LogP) is 2.78. The maximum atomic E-state index is 5.79. The first-order valence-corrected chi connectivity index (χ1v) is 4.80. The van der Waals surface area contributed by atoms with Crippen LogP contribution in [0.15, 0.2) is 30.3 Å². The number of nitrogens with two attached hydrogens (primary N) is 1. The largest absolute Gasteiger partial charge is 0.330 e. The Morgan fingerprint density at radius 2 is 1.69 bits per heavy atom. The molecule has 0 aliphatic carbocycles. The third-order valence-electron chi connectivity index (χ3n) is 2.48. The first-order valence-electron chi connectivity index (χ1n) is 4.80. The highest BCUT2D eigenvalue weighted by atomic mass is 14.6. The molecule has 0 amide bonds. The second kappa shape index (κ2) is 3.93. The molecule has 72 valence electrons. The normalized spacial score (nSPS) is 14.2. The van der Waals surface area contributed by atoms with Crippen LogP contribution in [0.4, 0.5) is 0 Å². The minimum atomic E-state index is 0.246. The average molecular weight is 177 g/mol. The Morgan fingerprint density at radius 1 is 1.15 bits per heavy atom. The summed E-state index contributed by atoms with van der Waals surface area (Å²) in [5, 5.41) is 0. The van der Waals surface area contributed by atoms with Gasteiger partial charge in [-0.25, -0.2) is 0 Å². The van der Waals surface area contributed by atoms with E-state index in [1.807, 2.05) is 6.07 Å². The lowest BCUT2D eigenvalue weighted by Crippen LogP contribution is -2.25. The topological polar surface area (TPSA) is 26.0 Å². The first kappa shape index (κ1) is 10.3. The molecule has 0 aliphatic heterocycles. The van der Waals surface area contributed by atoms with Crippen molar-refractivity contribution in [3.8, 4) is 0 Å². The second-order valence-electron chi connectivity index (χ2n) is 4.56. The van der Waals surface area contributed by atoms with Crippen molar-refractivity contribution >= 4 is 0 Å². The Bertz CT molecular complexity index is 246. The average Bonchev–Trinajstić information content (AvgIpc) is 2.05. The van der Waals surface area contributed by atoms with Gasteiger partial charge in [-0.3, -0.25) is 0 Å². The molecule has 0 aromatic heterocycles. The molecule has 0 saturated carbocycles. The minimum absolute atomic E-state index is 0.246. The van der Waals surface area contributed by atoms with Gasteiger partial charge >= 0.3 is 0 Å². The van der Waals surface area contributed by atoms with Crippen LogP contribution in [0, 0.1) is 5.41 Å². The third kappa shape index (κ3) is 2.56. The highest BCUT2D eigenvalue weighted by molar-refractivity contribution is 5.21. The lowest BCUT2D eigenvalue weighted by molar-refractivity contribution is 0.325. The summed E-state index contributed by atoms with van der Waals surface area (Å²) in [5.74, 6) is 0.452. The second-order valence-corrected chi connectivity index (χ2v) is 4.56. The van der Waals surface area contributed by atoms with Gasteiger partial charge in [-0.1, -0.05) is 51.1 Å². The molecule has 1 rings (SSSR count). The molecule has 0 spiro atoms. The molecular weight excluding hydrogens is 158 g/mol. The van der Waals surface area contributed by atoms with Crippen LogP contribution in [-0.2, 0) is 0 Å². The molecule has 2 N–H and O–H groups in total. The van der Waals surface area contributed by atoms with Crippen LogP contribution in [-0.4, -0.2) is 6.54 Å². The fourth-order valence-electron chi connectivity index (χ4n) is 1.67. The van der Waals surface area contributed by atoms with Gasteiger partial charge in [0.1, 0.15) is 0 Å². The first-order chi connectivity index (χ1) is 6.05. The summed E-state index contributed by atoms with van der Waals surface area (Å²) >= 11 is 0. The maximum Gasteiger partial charge on any atom is 0.000978 e. The van der Waals surface area contributed by atoms with Gasteiger partial charge in [0.05, 0.1) is 0 Å². The van der Waals surface area contributed by atoms with Crippen LogP contribution in [0.3, 0.4) is 0 Å². The van der Waals surface area contributed by atoms with Crippen molar-refractivity contribution in [2.75, 3.05) is 6.54 Å². The summed E-state index contributed by atoms with van der Waals surface area (Å²) in [6.45, 7) is 7.42. The molecule has 0 bridgehead atoms. The fourth-order valence-corrected chi connectivity index (χ4v) is 1.67. The van der Waals surface area contributed by atoms with E-state index in [1.165, 1.54) is 5.56 Å². The lowest BCUT2D eigenvalue weighted by Gasteiger charge is -2.29. The van der Waals surface area contributed by atoms with Crippen LogP contribution in [0.1, 0.15) is 32.3 Å². The van der Waals surface area contributed by atoms with E-state index >= 15 is 0 Å². The molecule has 0 aliphatic rings. The Hall–Kier alpha value is -0.820. The Kier molecular flexibility index (Phi) is 3.10. The lowest BCUT2D eigenvalue weighted by atomic mass is 9.76. The van der Waals surface area contributed by atoms with Crippen LogP contribution in [0.25, 0.3) is 0 Å². The number of hydrogen-bond acceptors (Lipinski definition) is 1. The molecule has 1 heteroatoms. The summed E-state index contributed by atoms with van der Waals surface area (Å²) < 4.78 is 0. The summed E-state index contributed by atoms with van der Waals surface area (Å²) in [6, 6.07) is 10.5. The van der Waals surface area contributed by atoms with E-state index < -0.39 is 0 Å². The van der Waals surface area contributed by atoms with Crippen LogP contribution in [0.5, 0.6) is 0 Å². The van der Waals surface area contributed by atoms with Crippen LogP contribution in [0.2, 0.25) is 0 Å². The van der Waals surface area contributed by atoms with Gasteiger partial charge < -0.3 is 5.73 Å². The van der Waals surface area contributed by atoms with E-state index in [0.717, 1.165) is 0 Å². The van der Waals surface area contributed by atoms with E-state index in [-0.39, 0.29) is 5.41 Å². The SMILES string of the molecule is CC(C)(C)C(CN)c1ccccc1. The molecule has 1 nitrogen and oxygen atoms in total. The molecule has 0 saturated heterocycles. The molecule has 1 aromatic carbocycles. The maximum absolute atomic E-state index is 5.79. The van der Waals surface area contributed by atoms with Crippen molar-refractivity contribution in [2.24, 2.45) is 11.1 Å². The third-order valence-corrected chi connectivity index (χ3v) is 2.48. The predicted molar refractivity (Wildman–Crippen MR) is 57.7 cm³/mol. The van der Waals surface area contributed by atoms with Gasteiger partial charge in [-0.2, -0.15) is 0 Å². The van der Waals surface area contributed by atoms with Crippen molar-refractivity contribution in [1.29, 1.82) is 0 Å². The van der Waals surface area contributed by atoms with Gasteiger partial charge in [-0.05, 0) is 17.5 Å². The Labute approximate surface area is 81.0 Å².